The molecule has 1 heterocycles. The Bertz CT molecular complexity index is 880. The molecule has 0 unspecified atom stereocenters. The number of aromatic nitrogens is 1. The minimum absolute atomic E-state index is 0.185. The minimum atomic E-state index is -3.71. The number of fused-ring (bicyclic) bond motifs is 1. The van der Waals surface area contributed by atoms with Crippen molar-refractivity contribution in [2.24, 2.45) is 0 Å². The lowest BCUT2D eigenvalue weighted by Crippen LogP contribution is -2.11. The van der Waals surface area contributed by atoms with Crippen LogP contribution >= 0.6 is 0 Å². The molecule has 0 saturated heterocycles. The molecule has 0 fully saturated rings. The van der Waals surface area contributed by atoms with Crippen LogP contribution < -0.4 is 0 Å². The van der Waals surface area contributed by atoms with Crippen molar-refractivity contribution < 1.29 is 12.8 Å². The summed E-state index contributed by atoms with van der Waals surface area (Å²) >= 11 is 0. The summed E-state index contributed by atoms with van der Waals surface area (Å²) in [7, 11) is -3.71. The molecule has 1 aromatic heterocycles. The smallest absolute Gasteiger partial charge is 0.241 e. The van der Waals surface area contributed by atoms with Crippen molar-refractivity contribution >= 4 is 20.9 Å². The highest BCUT2D eigenvalue weighted by Gasteiger charge is 2.19. The van der Waals surface area contributed by atoms with E-state index >= 15 is 0 Å². The van der Waals surface area contributed by atoms with Crippen molar-refractivity contribution in [3.63, 3.8) is 0 Å². The fourth-order valence-electron chi connectivity index (χ4n) is 2.14. The van der Waals surface area contributed by atoms with Gasteiger partial charge in [0, 0.05) is 11.6 Å². The second-order valence-corrected chi connectivity index (χ2v) is 6.42. The van der Waals surface area contributed by atoms with Crippen molar-refractivity contribution in [1.29, 1.82) is 0 Å². The molecule has 0 saturated carbocycles. The van der Waals surface area contributed by atoms with E-state index in [1.165, 1.54) is 24.4 Å². The van der Waals surface area contributed by atoms with Crippen LogP contribution in [-0.4, -0.2) is 12.4 Å². The van der Waals surface area contributed by atoms with Crippen LogP contribution in [0.5, 0.6) is 0 Å². The van der Waals surface area contributed by atoms with E-state index in [1.54, 1.807) is 30.3 Å². The Morgan fingerprint density at radius 2 is 1.70 bits per heavy atom. The van der Waals surface area contributed by atoms with Crippen molar-refractivity contribution in [1.82, 2.24) is 3.97 Å². The topological polar surface area (TPSA) is 39.1 Å². The molecule has 3 aromatic rings. The minimum Gasteiger partial charge on any atom is -0.241 e. The van der Waals surface area contributed by atoms with Gasteiger partial charge >= 0.3 is 0 Å². The molecule has 3 rings (SSSR count). The summed E-state index contributed by atoms with van der Waals surface area (Å²) in [5, 5.41) is 0.295. The lowest BCUT2D eigenvalue weighted by Gasteiger charge is -2.08. The monoisotopic (exact) mass is 289 g/mol. The maximum absolute atomic E-state index is 13.6. The summed E-state index contributed by atoms with van der Waals surface area (Å²) in [6.07, 6.45) is 1.38. The zero-order valence-corrected chi connectivity index (χ0v) is 11.6. The van der Waals surface area contributed by atoms with Gasteiger partial charge in [0.1, 0.15) is 5.82 Å². The van der Waals surface area contributed by atoms with Crippen LogP contribution in [0.3, 0.4) is 0 Å². The maximum atomic E-state index is 13.6. The van der Waals surface area contributed by atoms with Gasteiger partial charge in [-0.2, -0.15) is 0 Å². The number of hydrogen-bond acceptors (Lipinski definition) is 2. The third-order valence-corrected chi connectivity index (χ3v) is 4.93. The van der Waals surface area contributed by atoms with Gasteiger partial charge in [-0.3, -0.25) is 0 Å². The first-order valence-corrected chi connectivity index (χ1v) is 7.52. The van der Waals surface area contributed by atoms with E-state index in [2.05, 4.69) is 0 Å². The first-order valence-electron chi connectivity index (χ1n) is 6.08. The highest BCUT2D eigenvalue weighted by Crippen LogP contribution is 2.24. The lowest BCUT2D eigenvalue weighted by molar-refractivity contribution is 0.589. The van der Waals surface area contributed by atoms with Gasteiger partial charge in [-0.1, -0.05) is 23.8 Å². The van der Waals surface area contributed by atoms with Gasteiger partial charge in [-0.05, 0) is 37.3 Å². The second-order valence-electron chi connectivity index (χ2n) is 4.60. The predicted molar refractivity (Wildman–Crippen MR) is 75.7 cm³/mol. The summed E-state index contributed by atoms with van der Waals surface area (Å²) in [5.74, 6) is -0.430. The van der Waals surface area contributed by atoms with Gasteiger partial charge in [-0.15, -0.1) is 0 Å². The van der Waals surface area contributed by atoms with Crippen LogP contribution in [0, 0.1) is 12.7 Å². The molecule has 0 N–H and O–H groups in total. The maximum Gasteiger partial charge on any atom is 0.268 e. The Morgan fingerprint density at radius 3 is 2.40 bits per heavy atom. The number of benzene rings is 2. The number of aryl methyl sites for hydroxylation is 1. The Morgan fingerprint density at radius 1 is 1.00 bits per heavy atom. The standard InChI is InChI=1S/C15H12FNO2S/c1-11-5-7-12(8-6-11)20(18,19)17-10-9-13-14(16)3-2-4-15(13)17/h2-10H,1H3. The number of halogens is 1. The molecule has 5 heteroatoms. The molecule has 0 atom stereocenters. The van der Waals surface area contributed by atoms with Crippen molar-refractivity contribution in [2.75, 3.05) is 0 Å². The van der Waals surface area contributed by atoms with Crippen LogP contribution in [0.1, 0.15) is 5.56 Å². The summed E-state index contributed by atoms with van der Waals surface area (Å²) in [5.41, 5.74) is 1.32. The van der Waals surface area contributed by atoms with E-state index < -0.39 is 15.8 Å². The third kappa shape index (κ3) is 1.91. The average Bonchev–Trinajstić information content (AvgIpc) is 2.85. The molecule has 0 aliphatic carbocycles. The lowest BCUT2D eigenvalue weighted by atomic mass is 10.2. The Kier molecular flexibility index (Phi) is 2.87. The molecule has 0 aliphatic heterocycles. The highest BCUT2D eigenvalue weighted by molar-refractivity contribution is 7.90. The molecule has 0 amide bonds. The van der Waals surface area contributed by atoms with Crippen LogP contribution in [-0.2, 0) is 10.0 Å². The number of hydrogen-bond donors (Lipinski definition) is 0. The summed E-state index contributed by atoms with van der Waals surface area (Å²) in [6.45, 7) is 1.89. The molecule has 3 nitrogen and oxygen atoms in total. The Labute approximate surface area is 116 Å². The SMILES string of the molecule is Cc1ccc(S(=O)(=O)n2ccc3c(F)cccc32)cc1. The second kappa shape index (κ2) is 4.45. The van der Waals surface area contributed by atoms with E-state index in [1.807, 2.05) is 6.92 Å². The molecular formula is C15H12FNO2S. The number of nitrogens with zero attached hydrogens (tertiary/aromatic N) is 1. The fourth-order valence-corrected chi connectivity index (χ4v) is 3.49. The summed E-state index contributed by atoms with van der Waals surface area (Å²) in [4.78, 5) is 0.185. The highest BCUT2D eigenvalue weighted by atomic mass is 32.2. The first-order chi connectivity index (χ1) is 9.50. The Hall–Kier alpha value is -2.14. The van der Waals surface area contributed by atoms with Gasteiger partial charge < -0.3 is 0 Å². The summed E-state index contributed by atoms with van der Waals surface area (Å²) < 4.78 is 39.9. The van der Waals surface area contributed by atoms with E-state index in [-0.39, 0.29) is 4.90 Å². The zero-order valence-electron chi connectivity index (χ0n) is 10.7. The van der Waals surface area contributed by atoms with Crippen LogP contribution in [0.2, 0.25) is 0 Å². The molecule has 20 heavy (non-hydrogen) atoms. The molecular weight excluding hydrogens is 277 g/mol. The van der Waals surface area contributed by atoms with Gasteiger partial charge in [0.2, 0.25) is 0 Å². The third-order valence-electron chi connectivity index (χ3n) is 3.22. The van der Waals surface area contributed by atoms with E-state index in [9.17, 15) is 12.8 Å². The van der Waals surface area contributed by atoms with E-state index in [4.69, 9.17) is 0 Å². The van der Waals surface area contributed by atoms with Crippen LogP contribution in [0.4, 0.5) is 4.39 Å². The predicted octanol–water partition coefficient (Wildman–Crippen LogP) is 3.33. The molecule has 102 valence electrons. The van der Waals surface area contributed by atoms with Crippen LogP contribution in [0.25, 0.3) is 10.9 Å². The van der Waals surface area contributed by atoms with Crippen molar-refractivity contribution in [3.8, 4) is 0 Å². The van der Waals surface area contributed by atoms with Crippen molar-refractivity contribution in [2.45, 2.75) is 11.8 Å². The molecule has 0 radical (unpaired) electrons. The average molecular weight is 289 g/mol. The van der Waals surface area contributed by atoms with Gasteiger partial charge in [0.05, 0.1) is 10.4 Å². The molecule has 2 aromatic carbocycles. The quantitative estimate of drug-likeness (QED) is 0.726. The van der Waals surface area contributed by atoms with Crippen LogP contribution in [0.15, 0.2) is 59.6 Å². The number of rotatable bonds is 2. The normalized spacial score (nSPS) is 11.9. The van der Waals surface area contributed by atoms with Gasteiger partial charge in [0.15, 0.2) is 0 Å². The zero-order chi connectivity index (χ0) is 14.3. The van der Waals surface area contributed by atoms with Gasteiger partial charge in [0.25, 0.3) is 10.0 Å². The molecule has 0 spiro atoms. The van der Waals surface area contributed by atoms with Gasteiger partial charge in [-0.25, -0.2) is 16.8 Å². The first kappa shape index (κ1) is 12.9. The van der Waals surface area contributed by atoms with E-state index in [0.29, 0.717) is 10.9 Å². The fraction of sp³-hybridized carbons (Fsp3) is 0.0667. The summed E-state index contributed by atoms with van der Waals surface area (Å²) in [6, 6.07) is 12.4. The molecule has 0 aliphatic rings. The largest absolute Gasteiger partial charge is 0.268 e. The van der Waals surface area contributed by atoms with E-state index in [0.717, 1.165) is 9.54 Å². The molecule has 0 bridgehead atoms. The Balaban J connectivity index is 2.24. The van der Waals surface area contributed by atoms with Crippen molar-refractivity contribution in [3.05, 3.63) is 66.1 Å².